The minimum Gasteiger partial charge on any atom is -0.342 e. The van der Waals surface area contributed by atoms with Gasteiger partial charge in [0.25, 0.3) is 0 Å². The molecule has 3 rings (SSSR count). The van der Waals surface area contributed by atoms with E-state index in [0.717, 1.165) is 13.0 Å². The Kier molecular flexibility index (Phi) is 4.69. The molecule has 2 saturated heterocycles. The van der Waals surface area contributed by atoms with Crippen molar-refractivity contribution < 1.29 is 14.0 Å². The predicted octanol–water partition coefficient (Wildman–Crippen LogP) is 2.40. The van der Waals surface area contributed by atoms with Gasteiger partial charge in [0.15, 0.2) is 0 Å². The molecule has 0 aromatic heterocycles. The highest BCUT2D eigenvalue weighted by Gasteiger charge is 2.48. The van der Waals surface area contributed by atoms with Crippen LogP contribution >= 0.6 is 0 Å². The van der Waals surface area contributed by atoms with E-state index in [1.54, 1.807) is 23.1 Å². The zero-order valence-electron chi connectivity index (χ0n) is 13.8. The molecule has 2 fully saturated rings. The van der Waals surface area contributed by atoms with Crippen LogP contribution in [0.4, 0.5) is 4.39 Å². The van der Waals surface area contributed by atoms with Gasteiger partial charge in [-0.15, -0.1) is 6.58 Å². The summed E-state index contributed by atoms with van der Waals surface area (Å²) in [5.41, 5.74) is 0.396. The number of carbonyl (C=O) groups excluding carboxylic acids is 2. The van der Waals surface area contributed by atoms with Crippen LogP contribution in [0.15, 0.2) is 36.9 Å². The molecule has 2 amide bonds. The molecule has 4 nitrogen and oxygen atoms in total. The fourth-order valence-corrected chi connectivity index (χ4v) is 3.80. The van der Waals surface area contributed by atoms with Gasteiger partial charge < -0.3 is 9.80 Å². The first kappa shape index (κ1) is 16.7. The summed E-state index contributed by atoms with van der Waals surface area (Å²) in [7, 11) is 0. The Bertz CT molecular complexity index is 651. The summed E-state index contributed by atoms with van der Waals surface area (Å²) in [4.78, 5) is 28.7. The van der Waals surface area contributed by atoms with Gasteiger partial charge in [0.1, 0.15) is 5.82 Å². The second-order valence-electron chi connectivity index (χ2n) is 6.76. The summed E-state index contributed by atoms with van der Waals surface area (Å²) >= 11 is 0. The fraction of sp³-hybridized carbons (Fsp3) is 0.474. The molecule has 0 saturated carbocycles. The summed E-state index contributed by atoms with van der Waals surface area (Å²) in [6.07, 6.45) is 4.27. The van der Waals surface area contributed by atoms with Crippen LogP contribution in [-0.2, 0) is 16.0 Å². The molecule has 5 heteroatoms. The smallest absolute Gasteiger partial charge is 0.229 e. The molecule has 2 heterocycles. The first-order valence-electron chi connectivity index (χ1n) is 8.46. The maximum atomic E-state index is 13.2. The van der Waals surface area contributed by atoms with Crippen molar-refractivity contribution in [3.8, 4) is 0 Å². The standard InChI is InChI=1S/C19H23FN2O2/c1-2-9-22-12-8-19(18(22)24)6-10-21(11-7-19)17(23)14-15-4-3-5-16(20)13-15/h2-5,13H,1,6-12,14H2. The zero-order valence-corrected chi connectivity index (χ0v) is 13.8. The molecule has 0 atom stereocenters. The van der Waals surface area contributed by atoms with Gasteiger partial charge in [0.05, 0.1) is 11.8 Å². The Labute approximate surface area is 141 Å². The SMILES string of the molecule is C=CCN1CCC2(CCN(C(=O)Cc3cccc(F)c3)CC2)C1=O. The number of hydrogen-bond donors (Lipinski definition) is 0. The first-order chi connectivity index (χ1) is 11.5. The molecule has 1 aromatic rings. The van der Waals surface area contributed by atoms with Crippen LogP contribution in [0.3, 0.4) is 0 Å². The molecule has 24 heavy (non-hydrogen) atoms. The number of nitrogens with zero attached hydrogens (tertiary/aromatic N) is 2. The van der Waals surface area contributed by atoms with Gasteiger partial charge in [-0.2, -0.15) is 0 Å². The molecule has 1 aromatic carbocycles. The van der Waals surface area contributed by atoms with Crippen molar-refractivity contribution in [2.45, 2.75) is 25.7 Å². The van der Waals surface area contributed by atoms with Crippen molar-refractivity contribution in [1.82, 2.24) is 9.80 Å². The second-order valence-corrected chi connectivity index (χ2v) is 6.76. The Morgan fingerprint density at radius 3 is 2.62 bits per heavy atom. The van der Waals surface area contributed by atoms with Crippen molar-refractivity contribution in [3.05, 3.63) is 48.3 Å². The van der Waals surface area contributed by atoms with Gasteiger partial charge in [-0.05, 0) is 37.0 Å². The third-order valence-corrected chi connectivity index (χ3v) is 5.27. The highest BCUT2D eigenvalue weighted by Crippen LogP contribution is 2.41. The number of amides is 2. The largest absolute Gasteiger partial charge is 0.342 e. The molecule has 2 aliphatic heterocycles. The minimum atomic E-state index is -0.322. The van der Waals surface area contributed by atoms with Crippen LogP contribution in [-0.4, -0.2) is 47.8 Å². The van der Waals surface area contributed by atoms with Crippen molar-refractivity contribution in [2.75, 3.05) is 26.2 Å². The Morgan fingerprint density at radius 2 is 1.96 bits per heavy atom. The predicted molar refractivity (Wildman–Crippen MR) is 89.7 cm³/mol. The van der Waals surface area contributed by atoms with Crippen LogP contribution in [0.25, 0.3) is 0 Å². The lowest BCUT2D eigenvalue weighted by molar-refractivity contribution is -0.142. The quantitative estimate of drug-likeness (QED) is 0.796. The number of benzene rings is 1. The van der Waals surface area contributed by atoms with E-state index >= 15 is 0 Å². The average molecular weight is 330 g/mol. The van der Waals surface area contributed by atoms with Crippen molar-refractivity contribution in [1.29, 1.82) is 0 Å². The third-order valence-electron chi connectivity index (χ3n) is 5.27. The molecule has 2 aliphatic rings. The Morgan fingerprint density at radius 1 is 1.25 bits per heavy atom. The highest BCUT2D eigenvalue weighted by atomic mass is 19.1. The number of carbonyl (C=O) groups is 2. The topological polar surface area (TPSA) is 40.6 Å². The van der Waals surface area contributed by atoms with E-state index in [0.29, 0.717) is 38.0 Å². The maximum Gasteiger partial charge on any atom is 0.229 e. The average Bonchev–Trinajstić information content (AvgIpc) is 2.86. The number of piperidine rings is 1. The second kappa shape index (κ2) is 6.75. The summed E-state index contributed by atoms with van der Waals surface area (Å²) in [6.45, 7) is 6.28. The number of halogens is 1. The van der Waals surface area contributed by atoms with Gasteiger partial charge in [0, 0.05) is 26.2 Å². The Hall–Kier alpha value is -2.17. The van der Waals surface area contributed by atoms with Crippen LogP contribution in [0, 0.1) is 11.2 Å². The molecule has 0 N–H and O–H groups in total. The molecule has 128 valence electrons. The lowest BCUT2D eigenvalue weighted by Crippen LogP contribution is -2.47. The summed E-state index contributed by atoms with van der Waals surface area (Å²) < 4.78 is 13.2. The van der Waals surface area contributed by atoms with Gasteiger partial charge in [-0.25, -0.2) is 4.39 Å². The van der Waals surface area contributed by atoms with E-state index in [2.05, 4.69) is 6.58 Å². The highest BCUT2D eigenvalue weighted by molar-refractivity contribution is 5.86. The lowest BCUT2D eigenvalue weighted by atomic mass is 9.77. The van der Waals surface area contributed by atoms with Gasteiger partial charge in [-0.1, -0.05) is 18.2 Å². The molecule has 0 unspecified atom stereocenters. The first-order valence-corrected chi connectivity index (χ1v) is 8.46. The molecular formula is C19H23FN2O2. The monoisotopic (exact) mass is 330 g/mol. The zero-order chi connectivity index (χ0) is 17.2. The molecular weight excluding hydrogens is 307 g/mol. The molecule has 1 spiro atoms. The van der Waals surface area contributed by atoms with Gasteiger partial charge >= 0.3 is 0 Å². The van der Waals surface area contributed by atoms with Crippen molar-refractivity contribution >= 4 is 11.8 Å². The fourth-order valence-electron chi connectivity index (χ4n) is 3.80. The normalized spacial score (nSPS) is 19.8. The number of hydrogen-bond acceptors (Lipinski definition) is 2. The van der Waals surface area contributed by atoms with Crippen LogP contribution in [0.5, 0.6) is 0 Å². The molecule has 0 radical (unpaired) electrons. The van der Waals surface area contributed by atoms with Crippen molar-refractivity contribution in [2.24, 2.45) is 5.41 Å². The summed E-state index contributed by atoms with van der Waals surface area (Å²) in [5, 5.41) is 0. The van der Waals surface area contributed by atoms with E-state index in [1.807, 2.05) is 4.90 Å². The van der Waals surface area contributed by atoms with Crippen LogP contribution in [0.1, 0.15) is 24.8 Å². The third kappa shape index (κ3) is 3.21. The van der Waals surface area contributed by atoms with Crippen LogP contribution in [0.2, 0.25) is 0 Å². The Balaban J connectivity index is 1.58. The van der Waals surface area contributed by atoms with Gasteiger partial charge in [-0.3, -0.25) is 9.59 Å². The minimum absolute atomic E-state index is 0.00356. The molecule has 0 aliphatic carbocycles. The van der Waals surface area contributed by atoms with E-state index in [4.69, 9.17) is 0 Å². The summed E-state index contributed by atoms with van der Waals surface area (Å²) in [5.74, 6) is -0.111. The van der Waals surface area contributed by atoms with E-state index in [9.17, 15) is 14.0 Å². The summed E-state index contributed by atoms with van der Waals surface area (Å²) in [6, 6.07) is 6.16. The van der Waals surface area contributed by atoms with Crippen molar-refractivity contribution in [3.63, 3.8) is 0 Å². The molecule has 0 bridgehead atoms. The number of likely N-dealkylation sites (tertiary alicyclic amines) is 2. The van der Waals surface area contributed by atoms with E-state index in [1.165, 1.54) is 12.1 Å². The maximum absolute atomic E-state index is 13.2. The van der Waals surface area contributed by atoms with Gasteiger partial charge in [0.2, 0.25) is 11.8 Å². The lowest BCUT2D eigenvalue weighted by Gasteiger charge is -2.38. The van der Waals surface area contributed by atoms with E-state index in [-0.39, 0.29) is 29.5 Å². The van der Waals surface area contributed by atoms with E-state index < -0.39 is 0 Å². The number of rotatable bonds is 4. The van der Waals surface area contributed by atoms with Crippen LogP contribution < -0.4 is 0 Å².